The molecule has 3 aromatic rings. The topological polar surface area (TPSA) is 33.2 Å². The van der Waals surface area contributed by atoms with Crippen LogP contribution in [0.4, 0.5) is 10.8 Å². The van der Waals surface area contributed by atoms with E-state index >= 15 is 0 Å². The Morgan fingerprint density at radius 1 is 1.16 bits per heavy atom. The van der Waals surface area contributed by atoms with Gasteiger partial charge in [0.05, 0.1) is 11.4 Å². The Balaban J connectivity index is 1.77. The van der Waals surface area contributed by atoms with Crippen molar-refractivity contribution in [2.75, 3.05) is 4.90 Å². The number of anilines is 2. The Morgan fingerprint density at radius 3 is 2.64 bits per heavy atom. The van der Waals surface area contributed by atoms with Gasteiger partial charge in [0.25, 0.3) is 0 Å². The van der Waals surface area contributed by atoms with E-state index in [0.717, 1.165) is 22.3 Å². The molecule has 0 unspecified atom stereocenters. The fraction of sp³-hybridized carbons (Fsp3) is 0.200. The molecule has 0 atom stereocenters. The lowest BCUT2D eigenvalue weighted by Gasteiger charge is -2.17. The minimum absolute atomic E-state index is 0.0331. The number of benzene rings is 2. The molecule has 0 aliphatic rings. The summed E-state index contributed by atoms with van der Waals surface area (Å²) in [7, 11) is 0. The van der Waals surface area contributed by atoms with Gasteiger partial charge in [-0.3, -0.25) is 9.69 Å². The molecule has 25 heavy (non-hydrogen) atoms. The number of thiazole rings is 1. The van der Waals surface area contributed by atoms with Crippen molar-refractivity contribution in [2.45, 2.75) is 31.4 Å². The molecule has 0 radical (unpaired) electrons. The quantitative estimate of drug-likeness (QED) is 0.539. The van der Waals surface area contributed by atoms with Crippen LogP contribution in [0.5, 0.6) is 0 Å². The van der Waals surface area contributed by atoms with Crippen molar-refractivity contribution in [3.05, 3.63) is 70.7 Å². The van der Waals surface area contributed by atoms with Gasteiger partial charge in [0.2, 0.25) is 5.91 Å². The molecule has 1 heterocycles. The first kappa shape index (κ1) is 17.7. The number of aryl methyl sites for hydroxylation is 2. The van der Waals surface area contributed by atoms with Gasteiger partial charge in [-0.1, -0.05) is 35.9 Å². The highest BCUT2D eigenvalue weighted by atomic mass is 32.2. The van der Waals surface area contributed by atoms with Gasteiger partial charge in [0.1, 0.15) is 0 Å². The van der Waals surface area contributed by atoms with Crippen LogP contribution >= 0.6 is 23.1 Å². The van der Waals surface area contributed by atoms with Gasteiger partial charge >= 0.3 is 0 Å². The van der Waals surface area contributed by atoms with Crippen LogP contribution in [0, 0.1) is 13.8 Å². The van der Waals surface area contributed by atoms with Gasteiger partial charge in [0, 0.05) is 23.0 Å². The molecule has 3 rings (SSSR count). The van der Waals surface area contributed by atoms with Gasteiger partial charge in [-0.2, -0.15) is 0 Å². The van der Waals surface area contributed by atoms with Crippen molar-refractivity contribution in [3.8, 4) is 0 Å². The van der Waals surface area contributed by atoms with Gasteiger partial charge < -0.3 is 0 Å². The maximum Gasteiger partial charge on any atom is 0.230 e. The summed E-state index contributed by atoms with van der Waals surface area (Å²) in [6.07, 6.45) is 0. The number of carbonyl (C=O) groups is 1. The number of aromatic nitrogens is 1. The first-order chi connectivity index (χ1) is 12.0. The van der Waals surface area contributed by atoms with Crippen molar-refractivity contribution in [2.24, 2.45) is 0 Å². The summed E-state index contributed by atoms with van der Waals surface area (Å²) in [6.45, 7) is 5.80. The SMILES string of the molecule is CC(=O)N(c1ccccc1)c1nc(CSc2cc(C)ccc2C)cs1. The summed E-state index contributed by atoms with van der Waals surface area (Å²) in [5.41, 5.74) is 4.38. The first-order valence-electron chi connectivity index (χ1n) is 8.05. The molecule has 0 saturated heterocycles. The van der Waals surface area contributed by atoms with Gasteiger partial charge in [-0.05, 0) is 37.6 Å². The zero-order valence-electron chi connectivity index (χ0n) is 14.5. The molecule has 5 heteroatoms. The van der Waals surface area contributed by atoms with Crippen LogP contribution in [0.3, 0.4) is 0 Å². The van der Waals surface area contributed by atoms with Gasteiger partial charge in [-0.15, -0.1) is 23.1 Å². The molecule has 0 saturated carbocycles. The average molecular weight is 369 g/mol. The largest absolute Gasteiger partial charge is 0.274 e. The number of nitrogens with zero attached hydrogens (tertiary/aromatic N) is 2. The zero-order valence-corrected chi connectivity index (χ0v) is 16.2. The molecule has 0 bridgehead atoms. The van der Waals surface area contributed by atoms with Crippen molar-refractivity contribution >= 4 is 39.8 Å². The summed E-state index contributed by atoms with van der Waals surface area (Å²) < 4.78 is 0. The molecular weight excluding hydrogens is 348 g/mol. The Morgan fingerprint density at radius 2 is 1.92 bits per heavy atom. The van der Waals surface area contributed by atoms with Crippen molar-refractivity contribution in [1.29, 1.82) is 0 Å². The minimum Gasteiger partial charge on any atom is -0.274 e. The fourth-order valence-corrected chi connectivity index (χ4v) is 4.49. The molecule has 0 aliphatic heterocycles. The van der Waals surface area contributed by atoms with Crippen molar-refractivity contribution in [3.63, 3.8) is 0 Å². The summed E-state index contributed by atoms with van der Waals surface area (Å²) >= 11 is 3.29. The lowest BCUT2D eigenvalue weighted by Crippen LogP contribution is -2.22. The highest BCUT2D eigenvalue weighted by molar-refractivity contribution is 7.98. The van der Waals surface area contributed by atoms with Crippen LogP contribution < -0.4 is 4.90 Å². The molecule has 128 valence electrons. The molecular formula is C20H20N2OS2. The second-order valence-corrected chi connectivity index (χ2v) is 7.72. The molecule has 0 aliphatic carbocycles. The van der Waals surface area contributed by atoms with E-state index in [4.69, 9.17) is 0 Å². The van der Waals surface area contributed by atoms with E-state index in [0.29, 0.717) is 0 Å². The van der Waals surface area contributed by atoms with Gasteiger partial charge in [-0.25, -0.2) is 4.98 Å². The number of para-hydroxylation sites is 1. The van der Waals surface area contributed by atoms with E-state index in [1.165, 1.54) is 27.4 Å². The van der Waals surface area contributed by atoms with E-state index in [-0.39, 0.29) is 5.91 Å². The highest BCUT2D eigenvalue weighted by Crippen LogP contribution is 2.32. The third kappa shape index (κ3) is 4.30. The fourth-order valence-electron chi connectivity index (χ4n) is 2.48. The molecule has 1 amide bonds. The Hall–Kier alpha value is -2.11. The Bertz CT molecular complexity index is 874. The van der Waals surface area contributed by atoms with E-state index in [9.17, 15) is 4.79 Å². The summed E-state index contributed by atoms with van der Waals surface area (Å²) in [4.78, 5) is 19.7. The zero-order chi connectivity index (χ0) is 17.8. The molecule has 1 aromatic heterocycles. The second kappa shape index (κ2) is 7.85. The van der Waals surface area contributed by atoms with Crippen LogP contribution in [-0.4, -0.2) is 10.9 Å². The van der Waals surface area contributed by atoms with Crippen molar-refractivity contribution < 1.29 is 4.79 Å². The van der Waals surface area contributed by atoms with E-state index in [1.54, 1.807) is 23.6 Å². The van der Waals surface area contributed by atoms with Crippen LogP contribution in [0.2, 0.25) is 0 Å². The van der Waals surface area contributed by atoms with Crippen LogP contribution in [0.25, 0.3) is 0 Å². The third-order valence-corrected chi connectivity index (χ3v) is 5.84. The lowest BCUT2D eigenvalue weighted by molar-refractivity contribution is -0.115. The van der Waals surface area contributed by atoms with E-state index in [2.05, 4.69) is 37.0 Å². The van der Waals surface area contributed by atoms with Crippen LogP contribution in [-0.2, 0) is 10.5 Å². The third-order valence-electron chi connectivity index (χ3n) is 3.78. The van der Waals surface area contributed by atoms with E-state index in [1.807, 2.05) is 35.7 Å². The summed E-state index contributed by atoms with van der Waals surface area (Å²) in [6, 6.07) is 16.1. The number of hydrogen-bond donors (Lipinski definition) is 0. The minimum atomic E-state index is -0.0331. The van der Waals surface area contributed by atoms with Gasteiger partial charge in [0.15, 0.2) is 5.13 Å². The normalized spacial score (nSPS) is 10.7. The predicted molar refractivity (Wildman–Crippen MR) is 107 cm³/mol. The highest BCUT2D eigenvalue weighted by Gasteiger charge is 2.17. The Kier molecular flexibility index (Phi) is 5.56. The maximum atomic E-state index is 12.1. The first-order valence-corrected chi connectivity index (χ1v) is 9.91. The maximum absolute atomic E-state index is 12.1. The van der Waals surface area contributed by atoms with Crippen molar-refractivity contribution in [1.82, 2.24) is 4.98 Å². The molecule has 0 fully saturated rings. The standard InChI is InChI=1S/C20H20N2OS2/c1-14-9-10-15(2)19(11-14)24-12-17-13-25-20(21-17)22(16(3)23)18-7-5-4-6-8-18/h4-11,13H,12H2,1-3H3. The summed E-state index contributed by atoms with van der Waals surface area (Å²) in [5.74, 6) is 0.760. The molecule has 0 spiro atoms. The van der Waals surface area contributed by atoms with E-state index < -0.39 is 0 Å². The molecule has 0 N–H and O–H groups in total. The average Bonchev–Trinajstić information content (AvgIpc) is 3.05. The number of rotatable bonds is 5. The predicted octanol–water partition coefficient (Wildman–Crippen LogP) is 5.74. The summed E-state index contributed by atoms with van der Waals surface area (Å²) in [5, 5.41) is 2.75. The molecule has 3 nitrogen and oxygen atoms in total. The number of hydrogen-bond acceptors (Lipinski definition) is 4. The smallest absolute Gasteiger partial charge is 0.230 e. The van der Waals surface area contributed by atoms with Crippen LogP contribution in [0.1, 0.15) is 23.7 Å². The lowest BCUT2D eigenvalue weighted by atomic mass is 10.2. The Labute approximate surface area is 156 Å². The van der Waals surface area contributed by atoms with Crippen LogP contribution in [0.15, 0.2) is 58.8 Å². The monoisotopic (exact) mass is 368 g/mol. The number of carbonyl (C=O) groups excluding carboxylic acids is 1. The second-order valence-electron chi connectivity index (χ2n) is 5.87. The molecule has 2 aromatic carbocycles. The number of amides is 1. The number of thioether (sulfide) groups is 1.